The number of hydrogen-bond acceptors (Lipinski definition) is 3. The molecule has 0 N–H and O–H groups in total. The number of nitrogens with zero attached hydrogens (tertiary/aromatic N) is 2. The molecule has 0 atom stereocenters. The minimum absolute atomic E-state index is 0.0458. The van der Waals surface area contributed by atoms with E-state index in [1.807, 2.05) is 11.3 Å². The first-order valence-electron chi connectivity index (χ1n) is 21.8. The average Bonchev–Trinajstić information content (AvgIpc) is 3.78. The van der Waals surface area contributed by atoms with Crippen molar-refractivity contribution in [3.05, 3.63) is 197 Å². The molecule has 9 aromatic rings. The van der Waals surface area contributed by atoms with E-state index in [2.05, 4.69) is 215 Å². The molecule has 2 nitrogen and oxygen atoms in total. The fourth-order valence-corrected chi connectivity index (χ4v) is 12.7. The second-order valence-electron chi connectivity index (χ2n) is 19.7. The van der Waals surface area contributed by atoms with Gasteiger partial charge in [-0.2, -0.15) is 0 Å². The molecular formula is C57H45BN2S. The highest BCUT2D eigenvalue weighted by Crippen LogP contribution is 2.64. The maximum atomic E-state index is 2.70. The molecule has 4 aliphatic rings. The lowest BCUT2D eigenvalue weighted by Gasteiger charge is -2.51. The Morgan fingerprint density at radius 2 is 1.10 bits per heavy atom. The lowest BCUT2D eigenvalue weighted by molar-refractivity contribution is 0.590. The van der Waals surface area contributed by atoms with Crippen LogP contribution in [0.25, 0.3) is 42.4 Å². The lowest BCUT2D eigenvalue weighted by atomic mass is 9.42. The van der Waals surface area contributed by atoms with Crippen molar-refractivity contribution in [2.24, 2.45) is 0 Å². The summed E-state index contributed by atoms with van der Waals surface area (Å²) in [5.41, 5.74) is 21.9. The van der Waals surface area contributed by atoms with Crippen LogP contribution in [0, 0.1) is 0 Å². The van der Waals surface area contributed by atoms with E-state index in [9.17, 15) is 0 Å². The Balaban J connectivity index is 1.19. The summed E-state index contributed by atoms with van der Waals surface area (Å²) >= 11 is 1.91. The number of hydrogen-bond donors (Lipinski definition) is 0. The molecule has 4 heteroatoms. The largest absolute Gasteiger partial charge is 0.376 e. The molecule has 8 aromatic carbocycles. The van der Waals surface area contributed by atoms with E-state index in [0.29, 0.717) is 0 Å². The van der Waals surface area contributed by atoms with E-state index in [4.69, 9.17) is 0 Å². The Labute approximate surface area is 362 Å². The fraction of sp³-hybridized carbons (Fsp3) is 0.158. The van der Waals surface area contributed by atoms with Gasteiger partial charge in [-0.15, -0.1) is 11.3 Å². The molecule has 0 unspecified atom stereocenters. The number of benzene rings is 8. The third-order valence-corrected chi connectivity index (χ3v) is 15.5. The maximum Gasteiger partial charge on any atom is 0.333 e. The van der Waals surface area contributed by atoms with Gasteiger partial charge in [-0.1, -0.05) is 163 Å². The molecule has 1 spiro atoms. The van der Waals surface area contributed by atoms with Crippen LogP contribution in [-0.2, 0) is 16.2 Å². The van der Waals surface area contributed by atoms with Crippen LogP contribution >= 0.6 is 11.3 Å². The zero-order valence-electron chi connectivity index (χ0n) is 35.5. The van der Waals surface area contributed by atoms with E-state index in [-0.39, 0.29) is 17.7 Å². The Morgan fingerprint density at radius 3 is 1.82 bits per heavy atom. The molecule has 1 aliphatic carbocycles. The summed E-state index contributed by atoms with van der Waals surface area (Å²) in [6, 6.07) is 63.4. The van der Waals surface area contributed by atoms with Crippen LogP contribution in [0.1, 0.15) is 74.9 Å². The van der Waals surface area contributed by atoms with Gasteiger partial charge in [-0.3, -0.25) is 0 Å². The van der Waals surface area contributed by atoms with Crippen molar-refractivity contribution in [1.29, 1.82) is 0 Å². The normalized spacial score (nSPS) is 15.1. The summed E-state index contributed by atoms with van der Waals surface area (Å²) < 4.78 is 2.66. The molecule has 0 saturated carbocycles. The van der Waals surface area contributed by atoms with Gasteiger partial charge in [0.05, 0.1) is 11.1 Å². The van der Waals surface area contributed by atoms with Crippen LogP contribution in [0.5, 0.6) is 0 Å². The van der Waals surface area contributed by atoms with E-state index in [1.165, 1.54) is 115 Å². The second kappa shape index (κ2) is 11.9. The summed E-state index contributed by atoms with van der Waals surface area (Å²) in [6.07, 6.45) is 0. The van der Waals surface area contributed by atoms with Crippen LogP contribution in [-0.4, -0.2) is 6.85 Å². The SMILES string of the molecule is CC(C)(C)c1ccc(N2B3c4cccc5c4N(c4ccccc4C54c5ccccc5-c5ccccc54)c4cc(C(C)(C)C)cc(c43)-c3cc4c(cc32)sc2ccccc24)cc1. The van der Waals surface area contributed by atoms with Gasteiger partial charge >= 0.3 is 6.85 Å². The number of para-hydroxylation sites is 2. The highest BCUT2D eigenvalue weighted by atomic mass is 32.1. The average molecular weight is 801 g/mol. The molecule has 0 radical (unpaired) electrons. The predicted molar refractivity (Wildman–Crippen MR) is 261 cm³/mol. The minimum atomic E-state index is -0.484. The Bertz CT molecular complexity index is 3310. The van der Waals surface area contributed by atoms with Crippen molar-refractivity contribution in [1.82, 2.24) is 0 Å². The van der Waals surface area contributed by atoms with Gasteiger partial charge in [0.1, 0.15) is 0 Å². The van der Waals surface area contributed by atoms with Crippen LogP contribution < -0.4 is 20.6 Å². The topological polar surface area (TPSA) is 6.48 Å². The molecule has 61 heavy (non-hydrogen) atoms. The zero-order valence-corrected chi connectivity index (χ0v) is 36.3. The van der Waals surface area contributed by atoms with Gasteiger partial charge in [0.25, 0.3) is 0 Å². The van der Waals surface area contributed by atoms with E-state index in [0.717, 1.165) is 0 Å². The minimum Gasteiger partial charge on any atom is -0.376 e. The van der Waals surface area contributed by atoms with E-state index < -0.39 is 5.41 Å². The first kappa shape index (κ1) is 35.4. The fourth-order valence-electron chi connectivity index (χ4n) is 11.6. The van der Waals surface area contributed by atoms with Gasteiger partial charge < -0.3 is 9.71 Å². The van der Waals surface area contributed by atoms with Gasteiger partial charge in [0.15, 0.2) is 0 Å². The number of anilines is 5. The number of fused-ring (bicyclic) bond motifs is 16. The number of rotatable bonds is 1. The van der Waals surface area contributed by atoms with Crippen LogP contribution in [0.2, 0.25) is 0 Å². The van der Waals surface area contributed by atoms with Crippen LogP contribution in [0.4, 0.5) is 28.4 Å². The molecule has 0 amide bonds. The van der Waals surface area contributed by atoms with E-state index >= 15 is 0 Å². The van der Waals surface area contributed by atoms with Gasteiger partial charge in [0.2, 0.25) is 0 Å². The predicted octanol–water partition coefficient (Wildman–Crippen LogP) is 14.0. The van der Waals surface area contributed by atoms with Crippen molar-refractivity contribution < 1.29 is 0 Å². The van der Waals surface area contributed by atoms with Crippen molar-refractivity contribution in [2.75, 3.05) is 9.71 Å². The molecule has 0 fully saturated rings. The van der Waals surface area contributed by atoms with E-state index in [1.54, 1.807) is 0 Å². The summed E-state index contributed by atoms with van der Waals surface area (Å²) in [6.45, 7) is 14.0. The Morgan fingerprint density at radius 1 is 0.459 bits per heavy atom. The second-order valence-corrected chi connectivity index (χ2v) is 20.8. The third-order valence-electron chi connectivity index (χ3n) is 14.3. The van der Waals surface area contributed by atoms with Crippen molar-refractivity contribution >= 4 is 77.7 Å². The van der Waals surface area contributed by atoms with Crippen LogP contribution in [0.15, 0.2) is 164 Å². The Kier molecular flexibility index (Phi) is 6.92. The van der Waals surface area contributed by atoms with Crippen LogP contribution in [0.3, 0.4) is 0 Å². The zero-order chi connectivity index (χ0) is 41.2. The molecular weight excluding hydrogens is 756 g/mol. The van der Waals surface area contributed by atoms with Gasteiger partial charge in [-0.25, -0.2) is 0 Å². The standard InChI is InChI=1S/C57H45BN2S/c1-55(2,3)34-26-28-36(29-27-34)60-49-33-52-41(39-18-9-14-25-51(39)61-52)32-40(49)42-30-35(56(4,5)6)31-50-53(42)58(60)47-23-15-22-46-54(47)59(50)48-24-13-12-21-45(48)57(46)43-19-10-7-16-37(43)38-17-8-11-20-44(38)57/h7-33H,1-6H3. The summed E-state index contributed by atoms with van der Waals surface area (Å²) in [4.78, 5) is 5.37. The van der Waals surface area contributed by atoms with Crippen molar-refractivity contribution in [2.45, 2.75) is 57.8 Å². The van der Waals surface area contributed by atoms with Crippen molar-refractivity contribution in [3.63, 3.8) is 0 Å². The lowest BCUT2D eigenvalue weighted by Crippen LogP contribution is -2.62. The Hall–Kier alpha value is -6.36. The first-order chi connectivity index (χ1) is 29.5. The molecule has 4 heterocycles. The van der Waals surface area contributed by atoms with Gasteiger partial charge in [-0.05, 0) is 114 Å². The quantitative estimate of drug-likeness (QED) is 0.153. The summed E-state index contributed by atoms with van der Waals surface area (Å²) in [5.74, 6) is 0. The first-order valence-corrected chi connectivity index (χ1v) is 22.6. The number of thiophene rings is 1. The highest BCUT2D eigenvalue weighted by molar-refractivity contribution is 7.25. The maximum absolute atomic E-state index is 2.70. The molecule has 3 aliphatic heterocycles. The molecule has 0 saturated heterocycles. The third kappa shape index (κ3) is 4.53. The monoisotopic (exact) mass is 800 g/mol. The summed E-state index contributed by atoms with van der Waals surface area (Å²) in [5, 5.41) is 2.66. The van der Waals surface area contributed by atoms with Crippen molar-refractivity contribution in [3.8, 4) is 22.3 Å². The highest BCUT2D eigenvalue weighted by Gasteiger charge is 2.55. The molecule has 292 valence electrons. The molecule has 13 rings (SSSR count). The summed E-state index contributed by atoms with van der Waals surface area (Å²) in [7, 11) is 0. The van der Waals surface area contributed by atoms with Gasteiger partial charge in [0, 0.05) is 48.5 Å². The molecule has 1 aromatic heterocycles. The smallest absolute Gasteiger partial charge is 0.333 e. The molecule has 0 bridgehead atoms.